The molecule has 0 aliphatic carbocycles. The molecule has 0 saturated carbocycles. The monoisotopic (exact) mass is 435 g/mol. The molecule has 27 heavy (non-hydrogen) atoms. The topological polar surface area (TPSA) is 184 Å². The average molecular weight is 436 g/mol. The van der Waals surface area contributed by atoms with Crippen molar-refractivity contribution in [2.24, 2.45) is 0 Å². The standard InChI is InChI=1S/C9H18N2O.2C3H8O3S.H3N/c1-5-9(12)10-8(2)6-7-11(3)4;2*1-2-3-7(4,5)6;/h5,8H,1,6-7H2,2-4H3,(H,10,12);2*2-3H2,1H3,(H,4,5,6);1H3. The zero-order chi connectivity index (χ0) is 21.4. The quantitative estimate of drug-likeness (QED) is 0.321. The van der Waals surface area contributed by atoms with E-state index in [1.165, 1.54) is 11.0 Å². The molecule has 0 aromatic heterocycles. The molecule has 0 fully saturated rings. The van der Waals surface area contributed by atoms with Gasteiger partial charge in [0.2, 0.25) is 5.91 Å². The first-order valence-corrected chi connectivity index (χ1v) is 11.4. The number of rotatable bonds is 9. The Morgan fingerprint density at radius 2 is 1.44 bits per heavy atom. The van der Waals surface area contributed by atoms with Gasteiger partial charge in [-0.3, -0.25) is 4.79 Å². The number of hydrogen-bond donors (Lipinski definition) is 3. The molecule has 0 aromatic rings. The molecule has 6 N–H and O–H groups in total. The Morgan fingerprint density at radius 1 is 1.07 bits per heavy atom. The molecule has 0 aliphatic heterocycles. The number of hydrogen-bond acceptors (Lipinski definition) is 7. The summed E-state index contributed by atoms with van der Waals surface area (Å²) in [7, 11) is -3.65. The smallest absolute Gasteiger partial charge is 0.243 e. The molecule has 1 atom stereocenters. The Kier molecular flexibility index (Phi) is 22.7. The van der Waals surface area contributed by atoms with Gasteiger partial charge in [-0.05, 0) is 25.8 Å². The maximum absolute atomic E-state index is 10.8. The fourth-order valence-electron chi connectivity index (χ4n) is 1.38. The Balaban J connectivity index is -0.000000153. The summed E-state index contributed by atoms with van der Waals surface area (Å²) in [6, 6.07) is 0.241. The molecule has 0 rings (SSSR count). The van der Waals surface area contributed by atoms with E-state index in [0.29, 0.717) is 12.8 Å². The van der Waals surface area contributed by atoms with E-state index < -0.39 is 20.2 Å². The molecule has 0 radical (unpaired) electrons. The number of amides is 1. The fourth-order valence-corrected chi connectivity index (χ4v) is 2.38. The summed E-state index contributed by atoms with van der Waals surface area (Å²) < 4.78 is 58.1. The maximum atomic E-state index is 10.8. The summed E-state index contributed by atoms with van der Waals surface area (Å²) >= 11 is 0. The van der Waals surface area contributed by atoms with Crippen molar-refractivity contribution < 1.29 is 35.6 Å². The molecule has 0 spiro atoms. The van der Waals surface area contributed by atoms with Gasteiger partial charge in [-0.25, -0.2) is 16.8 Å². The molecule has 12 heteroatoms. The number of carbonyl (C=O) groups excluding carboxylic acids is 1. The van der Waals surface area contributed by atoms with Gasteiger partial charge < -0.3 is 25.5 Å². The second-order valence-electron chi connectivity index (χ2n) is 5.88. The van der Waals surface area contributed by atoms with Gasteiger partial charge in [-0.2, -0.15) is 0 Å². The van der Waals surface area contributed by atoms with Crippen LogP contribution in [0.15, 0.2) is 12.7 Å². The van der Waals surface area contributed by atoms with E-state index in [-0.39, 0.29) is 29.6 Å². The SMILES string of the molecule is C=CC(=O)NC(C)CC[NH+](C)C.CCCS(=O)(=O)[O-].CCCS(=O)(=O)[O-].[NH4+]. The van der Waals surface area contributed by atoms with Crippen molar-refractivity contribution in [1.82, 2.24) is 11.5 Å². The molecule has 0 aromatic carbocycles. The van der Waals surface area contributed by atoms with Gasteiger partial charge in [0.15, 0.2) is 0 Å². The van der Waals surface area contributed by atoms with Crippen molar-refractivity contribution in [3.05, 3.63) is 12.7 Å². The van der Waals surface area contributed by atoms with Crippen LogP contribution in [0.3, 0.4) is 0 Å². The average Bonchev–Trinajstić information content (AvgIpc) is 2.43. The van der Waals surface area contributed by atoms with Crippen molar-refractivity contribution >= 4 is 26.1 Å². The largest absolute Gasteiger partial charge is 0.748 e. The highest BCUT2D eigenvalue weighted by Crippen LogP contribution is 1.86. The molecule has 1 unspecified atom stereocenters. The summed E-state index contributed by atoms with van der Waals surface area (Å²) in [6.07, 6.45) is 3.12. The third-order valence-corrected chi connectivity index (χ3v) is 4.38. The molecule has 10 nitrogen and oxygen atoms in total. The Hall–Kier alpha value is -1.05. The highest BCUT2D eigenvalue weighted by Gasteiger charge is 2.05. The number of carbonyl (C=O) groups is 1. The predicted octanol–water partition coefficient (Wildman–Crippen LogP) is -0.529. The van der Waals surface area contributed by atoms with Crippen LogP contribution in [0.4, 0.5) is 0 Å². The first kappa shape index (κ1) is 33.5. The van der Waals surface area contributed by atoms with Crippen LogP contribution in [0.25, 0.3) is 0 Å². The van der Waals surface area contributed by atoms with E-state index in [2.05, 4.69) is 26.0 Å². The Bertz CT molecular complexity index is 542. The van der Waals surface area contributed by atoms with Crippen LogP contribution in [-0.2, 0) is 25.0 Å². The summed E-state index contributed by atoms with van der Waals surface area (Å²) in [5, 5.41) is 2.81. The molecule has 0 bridgehead atoms. The molecular formula is C15H37N3O7S2. The number of quaternary nitrogens is 2. The Labute approximate surface area is 164 Å². The third kappa shape index (κ3) is 40.8. The van der Waals surface area contributed by atoms with Gasteiger partial charge in [-0.1, -0.05) is 20.4 Å². The van der Waals surface area contributed by atoms with Gasteiger partial charge in [0.1, 0.15) is 0 Å². The van der Waals surface area contributed by atoms with E-state index in [1.54, 1.807) is 13.8 Å². The summed E-state index contributed by atoms with van der Waals surface area (Å²) in [4.78, 5) is 12.2. The van der Waals surface area contributed by atoms with E-state index in [1.807, 2.05) is 6.92 Å². The minimum absolute atomic E-state index is 0. The summed E-state index contributed by atoms with van der Waals surface area (Å²) in [5.74, 6) is -0.573. The predicted molar refractivity (Wildman–Crippen MR) is 106 cm³/mol. The van der Waals surface area contributed by atoms with Gasteiger partial charge in [-0.15, -0.1) is 0 Å². The minimum atomic E-state index is -3.92. The first-order valence-electron chi connectivity index (χ1n) is 8.27. The molecular weight excluding hydrogens is 398 g/mol. The normalized spacial score (nSPS) is 11.7. The van der Waals surface area contributed by atoms with E-state index in [0.717, 1.165) is 13.0 Å². The van der Waals surface area contributed by atoms with Crippen LogP contribution >= 0.6 is 0 Å². The summed E-state index contributed by atoms with van der Waals surface area (Å²) in [5.41, 5.74) is 0. The van der Waals surface area contributed by atoms with Crippen LogP contribution in [0.1, 0.15) is 40.0 Å². The van der Waals surface area contributed by atoms with Crippen molar-refractivity contribution in [3.63, 3.8) is 0 Å². The third-order valence-electron chi connectivity index (χ3n) is 2.56. The van der Waals surface area contributed by atoms with Gasteiger partial charge >= 0.3 is 0 Å². The van der Waals surface area contributed by atoms with Gasteiger partial charge in [0.05, 0.1) is 40.9 Å². The van der Waals surface area contributed by atoms with Crippen molar-refractivity contribution in [2.45, 2.75) is 46.1 Å². The van der Waals surface area contributed by atoms with E-state index in [9.17, 15) is 30.7 Å². The number of nitrogens with one attached hydrogen (secondary N) is 2. The lowest BCUT2D eigenvalue weighted by Gasteiger charge is -2.13. The minimum Gasteiger partial charge on any atom is -0.748 e. The van der Waals surface area contributed by atoms with E-state index in [4.69, 9.17) is 0 Å². The molecule has 166 valence electrons. The van der Waals surface area contributed by atoms with Crippen LogP contribution in [-0.4, -0.2) is 70.0 Å². The van der Waals surface area contributed by atoms with E-state index >= 15 is 0 Å². The van der Waals surface area contributed by atoms with Crippen LogP contribution in [0.5, 0.6) is 0 Å². The lowest BCUT2D eigenvalue weighted by atomic mass is 10.2. The lowest BCUT2D eigenvalue weighted by molar-refractivity contribution is -0.858. The molecule has 0 saturated heterocycles. The molecule has 1 amide bonds. The molecule has 0 aliphatic rings. The summed E-state index contributed by atoms with van der Waals surface area (Å²) in [6.45, 7) is 9.76. The Morgan fingerprint density at radius 3 is 1.63 bits per heavy atom. The highest BCUT2D eigenvalue weighted by atomic mass is 32.2. The van der Waals surface area contributed by atoms with Crippen LogP contribution in [0, 0.1) is 0 Å². The van der Waals surface area contributed by atoms with Gasteiger partial charge in [0.25, 0.3) is 0 Å². The second-order valence-corrected chi connectivity index (χ2v) is 8.93. The van der Waals surface area contributed by atoms with Crippen molar-refractivity contribution in [3.8, 4) is 0 Å². The van der Waals surface area contributed by atoms with Crippen LogP contribution in [0.2, 0.25) is 0 Å². The maximum Gasteiger partial charge on any atom is 0.243 e. The highest BCUT2D eigenvalue weighted by molar-refractivity contribution is 7.85. The van der Waals surface area contributed by atoms with Crippen molar-refractivity contribution in [2.75, 3.05) is 32.1 Å². The zero-order valence-corrected chi connectivity index (χ0v) is 18.9. The van der Waals surface area contributed by atoms with Crippen LogP contribution < -0.4 is 16.4 Å². The first-order chi connectivity index (χ1) is 11.7. The second kappa shape index (κ2) is 18.3. The van der Waals surface area contributed by atoms with Crippen molar-refractivity contribution in [1.29, 1.82) is 0 Å². The molecule has 0 heterocycles. The lowest BCUT2D eigenvalue weighted by Crippen LogP contribution is -3.05. The van der Waals surface area contributed by atoms with Gasteiger partial charge in [0, 0.05) is 24.0 Å². The fraction of sp³-hybridized carbons (Fsp3) is 0.800. The zero-order valence-electron chi connectivity index (χ0n) is 17.3.